The van der Waals surface area contributed by atoms with Gasteiger partial charge >= 0.3 is 0 Å². The molecule has 6 nitrogen and oxygen atoms in total. The van der Waals surface area contributed by atoms with Crippen molar-refractivity contribution in [3.8, 4) is 5.75 Å². The molecule has 0 bridgehead atoms. The molecule has 29 heavy (non-hydrogen) atoms. The summed E-state index contributed by atoms with van der Waals surface area (Å²) in [7, 11) is 1.62. The first-order valence-corrected chi connectivity index (χ1v) is 10.2. The Kier molecular flexibility index (Phi) is 5.69. The van der Waals surface area contributed by atoms with Crippen molar-refractivity contribution in [3.05, 3.63) is 54.1 Å². The largest absolute Gasteiger partial charge is 0.497 e. The number of methoxy groups -OCH3 is 1. The molecule has 1 saturated heterocycles. The molecule has 1 aliphatic carbocycles. The van der Waals surface area contributed by atoms with E-state index in [1.807, 2.05) is 48.5 Å². The van der Waals surface area contributed by atoms with Gasteiger partial charge in [0, 0.05) is 31.0 Å². The summed E-state index contributed by atoms with van der Waals surface area (Å²) in [4.78, 5) is 27.2. The fourth-order valence-electron chi connectivity index (χ4n) is 3.80. The van der Waals surface area contributed by atoms with Crippen LogP contribution in [-0.2, 0) is 16.1 Å². The summed E-state index contributed by atoms with van der Waals surface area (Å²) in [6, 6.07) is 15.5. The molecular weight excluding hydrogens is 366 g/mol. The van der Waals surface area contributed by atoms with Crippen LogP contribution in [0.3, 0.4) is 0 Å². The zero-order valence-electron chi connectivity index (χ0n) is 16.7. The minimum absolute atomic E-state index is 0.0645. The lowest BCUT2D eigenvalue weighted by atomic mass is 10.2. The average molecular weight is 393 g/mol. The van der Waals surface area contributed by atoms with Crippen molar-refractivity contribution in [2.75, 3.05) is 30.4 Å². The van der Waals surface area contributed by atoms with Gasteiger partial charge in [0.15, 0.2) is 0 Å². The Morgan fingerprint density at radius 3 is 2.28 bits per heavy atom. The summed E-state index contributed by atoms with van der Waals surface area (Å²) in [5, 5.41) is 5.86. The zero-order valence-corrected chi connectivity index (χ0v) is 16.7. The number of anilines is 2. The Labute approximate surface area is 171 Å². The highest BCUT2D eigenvalue weighted by molar-refractivity contribution is 5.99. The first-order chi connectivity index (χ1) is 14.1. The molecule has 0 aromatic heterocycles. The number of rotatable bonds is 7. The summed E-state index contributed by atoms with van der Waals surface area (Å²) in [5.41, 5.74) is 2.98. The number of ether oxygens (including phenoxy) is 1. The SMILES string of the molecule is COc1ccc(CNC(=O)C2CC2C(=O)Nc2ccc(N3CCCC3)cc2)cc1. The number of carbonyl (C=O) groups is 2. The van der Waals surface area contributed by atoms with E-state index in [-0.39, 0.29) is 23.7 Å². The van der Waals surface area contributed by atoms with Gasteiger partial charge in [0.25, 0.3) is 0 Å². The van der Waals surface area contributed by atoms with Gasteiger partial charge in [-0.25, -0.2) is 0 Å². The Morgan fingerprint density at radius 2 is 1.62 bits per heavy atom. The third kappa shape index (κ3) is 4.70. The molecule has 152 valence electrons. The molecule has 1 heterocycles. The number of hydrogen-bond donors (Lipinski definition) is 2. The molecule has 2 unspecified atom stereocenters. The molecule has 1 saturated carbocycles. The normalized spacial score (nSPS) is 20.2. The van der Waals surface area contributed by atoms with Crippen LogP contribution in [0.4, 0.5) is 11.4 Å². The van der Waals surface area contributed by atoms with Crippen LogP contribution in [0.25, 0.3) is 0 Å². The van der Waals surface area contributed by atoms with Crippen LogP contribution in [-0.4, -0.2) is 32.0 Å². The van der Waals surface area contributed by atoms with E-state index in [1.54, 1.807) is 7.11 Å². The first-order valence-electron chi connectivity index (χ1n) is 10.2. The molecule has 2 amide bonds. The van der Waals surface area contributed by atoms with Crippen LogP contribution in [0.2, 0.25) is 0 Å². The molecule has 0 radical (unpaired) electrons. The standard InChI is InChI=1S/C23H27N3O3/c1-29-19-10-4-16(5-11-19)15-24-22(27)20-14-21(20)23(28)25-17-6-8-18(9-7-17)26-12-2-3-13-26/h4-11,20-21H,2-3,12-15H2,1H3,(H,24,27)(H,25,28). The van der Waals surface area contributed by atoms with E-state index in [2.05, 4.69) is 15.5 Å². The van der Waals surface area contributed by atoms with E-state index in [4.69, 9.17) is 4.74 Å². The summed E-state index contributed by atoms with van der Waals surface area (Å²) >= 11 is 0. The predicted octanol–water partition coefficient (Wildman–Crippen LogP) is 3.19. The van der Waals surface area contributed by atoms with Crippen molar-refractivity contribution < 1.29 is 14.3 Å². The average Bonchev–Trinajstić information content (AvgIpc) is 3.38. The van der Waals surface area contributed by atoms with Crippen LogP contribution in [0, 0.1) is 11.8 Å². The van der Waals surface area contributed by atoms with Crippen LogP contribution in [0.1, 0.15) is 24.8 Å². The van der Waals surface area contributed by atoms with Crippen LogP contribution >= 0.6 is 0 Å². The van der Waals surface area contributed by atoms with Crippen molar-refractivity contribution in [2.24, 2.45) is 11.8 Å². The molecular formula is C23H27N3O3. The second-order valence-corrected chi connectivity index (χ2v) is 7.74. The highest BCUT2D eigenvalue weighted by Crippen LogP contribution is 2.39. The van der Waals surface area contributed by atoms with Crippen molar-refractivity contribution >= 4 is 23.2 Å². The molecule has 2 fully saturated rings. The number of hydrogen-bond acceptors (Lipinski definition) is 4. The lowest BCUT2D eigenvalue weighted by Crippen LogP contribution is -2.27. The van der Waals surface area contributed by atoms with E-state index >= 15 is 0 Å². The van der Waals surface area contributed by atoms with Gasteiger partial charge in [-0.1, -0.05) is 12.1 Å². The number of benzene rings is 2. The Hall–Kier alpha value is -3.02. The monoisotopic (exact) mass is 393 g/mol. The maximum atomic E-state index is 12.5. The number of nitrogens with one attached hydrogen (secondary N) is 2. The third-order valence-electron chi connectivity index (χ3n) is 5.70. The fraction of sp³-hybridized carbons (Fsp3) is 0.391. The van der Waals surface area contributed by atoms with Crippen LogP contribution in [0.15, 0.2) is 48.5 Å². The van der Waals surface area contributed by atoms with Crippen molar-refractivity contribution in [2.45, 2.75) is 25.8 Å². The lowest BCUT2D eigenvalue weighted by molar-refractivity contribution is -0.125. The molecule has 0 spiro atoms. The summed E-state index contributed by atoms with van der Waals surface area (Å²) in [5.74, 6) is 0.155. The second kappa shape index (κ2) is 8.55. The number of nitrogens with zero attached hydrogens (tertiary/aromatic N) is 1. The molecule has 4 rings (SSSR count). The van der Waals surface area contributed by atoms with Gasteiger partial charge in [-0.05, 0) is 61.2 Å². The van der Waals surface area contributed by atoms with Crippen LogP contribution < -0.4 is 20.3 Å². The fourth-order valence-corrected chi connectivity index (χ4v) is 3.80. The van der Waals surface area contributed by atoms with E-state index in [9.17, 15) is 9.59 Å². The van der Waals surface area contributed by atoms with Crippen LogP contribution in [0.5, 0.6) is 5.75 Å². The second-order valence-electron chi connectivity index (χ2n) is 7.74. The van der Waals surface area contributed by atoms with Gasteiger partial charge in [0.2, 0.25) is 11.8 Å². The van der Waals surface area contributed by atoms with Gasteiger partial charge in [0.05, 0.1) is 18.9 Å². The molecule has 6 heteroatoms. The number of amides is 2. The van der Waals surface area contributed by atoms with Gasteiger partial charge in [-0.15, -0.1) is 0 Å². The van der Waals surface area contributed by atoms with Crippen molar-refractivity contribution in [1.29, 1.82) is 0 Å². The Bertz CT molecular complexity index is 858. The lowest BCUT2D eigenvalue weighted by Gasteiger charge is -2.17. The van der Waals surface area contributed by atoms with E-state index in [1.165, 1.54) is 18.5 Å². The third-order valence-corrected chi connectivity index (χ3v) is 5.70. The highest BCUT2D eigenvalue weighted by Gasteiger charge is 2.47. The Morgan fingerprint density at radius 1 is 0.966 bits per heavy atom. The van der Waals surface area contributed by atoms with Gasteiger partial charge in [-0.2, -0.15) is 0 Å². The van der Waals surface area contributed by atoms with Gasteiger partial charge in [0.1, 0.15) is 5.75 Å². The minimum atomic E-state index is -0.246. The van der Waals surface area contributed by atoms with Gasteiger partial charge < -0.3 is 20.3 Å². The van der Waals surface area contributed by atoms with Crippen molar-refractivity contribution in [1.82, 2.24) is 5.32 Å². The molecule has 1 aliphatic heterocycles. The summed E-state index contributed by atoms with van der Waals surface area (Å²) < 4.78 is 5.13. The predicted molar refractivity (Wildman–Crippen MR) is 113 cm³/mol. The maximum absolute atomic E-state index is 12.5. The first kappa shape index (κ1) is 19.3. The smallest absolute Gasteiger partial charge is 0.228 e. The highest BCUT2D eigenvalue weighted by atomic mass is 16.5. The molecule has 2 aliphatic rings. The molecule has 2 aromatic rings. The summed E-state index contributed by atoms with van der Waals surface area (Å²) in [6.07, 6.45) is 3.08. The Balaban J connectivity index is 1.23. The topological polar surface area (TPSA) is 70.7 Å². The quantitative estimate of drug-likeness (QED) is 0.758. The van der Waals surface area contributed by atoms with E-state index < -0.39 is 0 Å². The minimum Gasteiger partial charge on any atom is -0.497 e. The van der Waals surface area contributed by atoms with Gasteiger partial charge in [-0.3, -0.25) is 9.59 Å². The van der Waals surface area contributed by atoms with Crippen molar-refractivity contribution in [3.63, 3.8) is 0 Å². The molecule has 2 atom stereocenters. The molecule has 2 aromatic carbocycles. The number of carbonyl (C=O) groups excluding carboxylic acids is 2. The molecule has 2 N–H and O–H groups in total. The summed E-state index contributed by atoms with van der Waals surface area (Å²) in [6.45, 7) is 2.65. The van der Waals surface area contributed by atoms with E-state index in [0.717, 1.165) is 30.1 Å². The zero-order chi connectivity index (χ0) is 20.2. The maximum Gasteiger partial charge on any atom is 0.228 e. The van der Waals surface area contributed by atoms with E-state index in [0.29, 0.717) is 13.0 Å².